The molecule has 0 radical (unpaired) electrons. The largest absolute Gasteiger partial charge is 0.507 e. The van der Waals surface area contributed by atoms with E-state index in [1.165, 1.54) is 14.0 Å². The van der Waals surface area contributed by atoms with Crippen molar-refractivity contribution in [2.75, 3.05) is 7.05 Å². The molecule has 5 nitrogen and oxygen atoms in total. The zero-order valence-corrected chi connectivity index (χ0v) is 9.45. The summed E-state index contributed by atoms with van der Waals surface area (Å²) in [5.41, 5.74) is -0.208. The molecule has 1 atom stereocenters. The van der Waals surface area contributed by atoms with E-state index < -0.39 is 17.8 Å². The average molecular weight is 240 g/mol. The van der Waals surface area contributed by atoms with Gasteiger partial charge in [-0.25, -0.2) is 4.39 Å². The second-order valence-electron chi connectivity index (χ2n) is 3.47. The van der Waals surface area contributed by atoms with Crippen molar-refractivity contribution < 1.29 is 19.1 Å². The molecule has 0 bridgehead atoms. The maximum atomic E-state index is 12.9. The van der Waals surface area contributed by atoms with Gasteiger partial charge >= 0.3 is 0 Å². The van der Waals surface area contributed by atoms with Crippen molar-refractivity contribution in [3.63, 3.8) is 0 Å². The van der Waals surface area contributed by atoms with Crippen LogP contribution in [0.25, 0.3) is 0 Å². The molecule has 1 aromatic carbocycles. The highest BCUT2D eigenvalue weighted by Gasteiger charge is 2.18. The number of aromatic hydroxyl groups is 1. The Morgan fingerprint density at radius 1 is 1.41 bits per heavy atom. The predicted octanol–water partition coefficient (Wildman–Crippen LogP) is 0.396. The van der Waals surface area contributed by atoms with Gasteiger partial charge in [0, 0.05) is 7.05 Å². The molecule has 0 aliphatic heterocycles. The van der Waals surface area contributed by atoms with E-state index in [-0.39, 0.29) is 17.2 Å². The first-order chi connectivity index (χ1) is 7.95. The van der Waals surface area contributed by atoms with Crippen LogP contribution >= 0.6 is 0 Å². The minimum atomic E-state index is -0.768. The normalized spacial score (nSPS) is 11.7. The summed E-state index contributed by atoms with van der Waals surface area (Å²) in [7, 11) is 1.44. The highest BCUT2D eigenvalue weighted by molar-refractivity contribution is 5.99. The first-order valence-corrected chi connectivity index (χ1v) is 4.96. The Hall–Kier alpha value is -2.11. The Kier molecular flexibility index (Phi) is 4.03. The molecule has 1 rings (SSSR count). The molecular formula is C11H13FN2O3. The number of phenolic OH excluding ortho intramolecular Hbond substituents is 1. The standard InChI is InChI=1S/C11H13FN2O3/c1-6(10(16)13-2)14-11(17)8-5-7(12)3-4-9(8)15/h3-6,15H,1-2H3,(H,13,16)(H,14,17). The van der Waals surface area contributed by atoms with Crippen LogP contribution in [0, 0.1) is 5.82 Å². The number of carbonyl (C=O) groups excluding carboxylic acids is 2. The number of rotatable bonds is 3. The third kappa shape index (κ3) is 3.17. The van der Waals surface area contributed by atoms with Crippen molar-refractivity contribution >= 4 is 11.8 Å². The van der Waals surface area contributed by atoms with Crippen molar-refractivity contribution in [2.45, 2.75) is 13.0 Å². The topological polar surface area (TPSA) is 78.4 Å². The number of likely N-dealkylation sites (N-methyl/N-ethyl adjacent to an activating group) is 1. The lowest BCUT2D eigenvalue weighted by Gasteiger charge is -2.12. The summed E-state index contributed by atoms with van der Waals surface area (Å²) >= 11 is 0. The third-order valence-corrected chi connectivity index (χ3v) is 2.19. The summed E-state index contributed by atoms with van der Waals surface area (Å²) in [4.78, 5) is 22.8. The van der Waals surface area contributed by atoms with E-state index in [0.29, 0.717) is 0 Å². The van der Waals surface area contributed by atoms with Crippen LogP contribution in [0.1, 0.15) is 17.3 Å². The van der Waals surface area contributed by atoms with E-state index in [0.717, 1.165) is 18.2 Å². The van der Waals surface area contributed by atoms with Crippen LogP contribution in [-0.4, -0.2) is 30.0 Å². The summed E-state index contributed by atoms with van der Waals surface area (Å²) in [5.74, 6) is -2.07. The Morgan fingerprint density at radius 2 is 2.06 bits per heavy atom. The molecule has 0 saturated heterocycles. The Balaban J connectivity index is 2.83. The number of halogens is 1. The predicted molar refractivity (Wildman–Crippen MR) is 59.1 cm³/mol. The summed E-state index contributed by atoms with van der Waals surface area (Å²) in [6, 6.07) is 2.25. The lowest BCUT2D eigenvalue weighted by Crippen LogP contribution is -2.43. The Morgan fingerprint density at radius 3 is 2.65 bits per heavy atom. The quantitative estimate of drug-likeness (QED) is 0.715. The smallest absolute Gasteiger partial charge is 0.255 e. The second-order valence-corrected chi connectivity index (χ2v) is 3.47. The fraction of sp³-hybridized carbons (Fsp3) is 0.273. The zero-order chi connectivity index (χ0) is 13.0. The maximum Gasteiger partial charge on any atom is 0.255 e. The first-order valence-electron chi connectivity index (χ1n) is 4.96. The van der Waals surface area contributed by atoms with E-state index in [1.807, 2.05) is 0 Å². The molecule has 0 aliphatic rings. The zero-order valence-electron chi connectivity index (χ0n) is 9.45. The summed E-state index contributed by atoms with van der Waals surface area (Å²) in [6.07, 6.45) is 0. The van der Waals surface area contributed by atoms with E-state index >= 15 is 0 Å². The van der Waals surface area contributed by atoms with Crippen LogP contribution in [0.4, 0.5) is 4.39 Å². The maximum absolute atomic E-state index is 12.9. The summed E-state index contributed by atoms with van der Waals surface area (Å²) in [5, 5.41) is 14.1. The van der Waals surface area contributed by atoms with Gasteiger partial charge in [0.1, 0.15) is 17.6 Å². The molecule has 3 N–H and O–H groups in total. The number of carbonyl (C=O) groups is 2. The summed E-state index contributed by atoms with van der Waals surface area (Å²) in [6.45, 7) is 1.48. The molecule has 0 fully saturated rings. The van der Waals surface area contributed by atoms with Crippen molar-refractivity contribution in [3.05, 3.63) is 29.6 Å². The molecule has 0 aromatic heterocycles. The third-order valence-electron chi connectivity index (χ3n) is 2.19. The van der Waals surface area contributed by atoms with E-state index in [1.54, 1.807) is 0 Å². The van der Waals surface area contributed by atoms with Gasteiger partial charge in [-0.05, 0) is 25.1 Å². The second kappa shape index (κ2) is 5.29. The minimum Gasteiger partial charge on any atom is -0.507 e. The molecule has 0 spiro atoms. The molecule has 0 aliphatic carbocycles. The van der Waals surface area contributed by atoms with Crippen LogP contribution in [0.15, 0.2) is 18.2 Å². The number of nitrogens with one attached hydrogen (secondary N) is 2. The number of amides is 2. The van der Waals surface area contributed by atoms with Gasteiger partial charge in [-0.1, -0.05) is 0 Å². The molecular weight excluding hydrogens is 227 g/mol. The van der Waals surface area contributed by atoms with E-state index in [2.05, 4.69) is 10.6 Å². The van der Waals surface area contributed by atoms with Crippen LogP contribution in [0.2, 0.25) is 0 Å². The van der Waals surface area contributed by atoms with Gasteiger partial charge in [-0.15, -0.1) is 0 Å². The van der Waals surface area contributed by atoms with Crippen molar-refractivity contribution in [3.8, 4) is 5.75 Å². The average Bonchev–Trinajstić information content (AvgIpc) is 2.30. The highest BCUT2D eigenvalue weighted by atomic mass is 19.1. The summed E-state index contributed by atoms with van der Waals surface area (Å²) < 4.78 is 12.9. The van der Waals surface area contributed by atoms with Gasteiger partial charge in [0.25, 0.3) is 5.91 Å². The van der Waals surface area contributed by atoms with Gasteiger partial charge in [0.15, 0.2) is 0 Å². The molecule has 1 unspecified atom stereocenters. The van der Waals surface area contributed by atoms with Crippen LogP contribution < -0.4 is 10.6 Å². The monoisotopic (exact) mass is 240 g/mol. The van der Waals surface area contributed by atoms with Crippen LogP contribution in [0.5, 0.6) is 5.75 Å². The lowest BCUT2D eigenvalue weighted by atomic mass is 10.1. The first kappa shape index (κ1) is 13.0. The fourth-order valence-electron chi connectivity index (χ4n) is 1.25. The van der Waals surface area contributed by atoms with Crippen molar-refractivity contribution in [2.24, 2.45) is 0 Å². The van der Waals surface area contributed by atoms with Gasteiger partial charge < -0.3 is 15.7 Å². The Labute approximate surface area is 97.6 Å². The Bertz CT molecular complexity index is 448. The number of benzene rings is 1. The van der Waals surface area contributed by atoms with Gasteiger partial charge in [0.05, 0.1) is 5.56 Å². The SMILES string of the molecule is CNC(=O)C(C)NC(=O)c1cc(F)ccc1O. The van der Waals surface area contributed by atoms with E-state index in [4.69, 9.17) is 0 Å². The molecule has 2 amide bonds. The van der Waals surface area contributed by atoms with Crippen LogP contribution in [0.3, 0.4) is 0 Å². The van der Waals surface area contributed by atoms with E-state index in [9.17, 15) is 19.1 Å². The van der Waals surface area contributed by atoms with Crippen LogP contribution in [-0.2, 0) is 4.79 Å². The number of hydrogen-bond acceptors (Lipinski definition) is 3. The molecule has 17 heavy (non-hydrogen) atoms. The number of hydrogen-bond donors (Lipinski definition) is 3. The molecule has 92 valence electrons. The number of phenols is 1. The minimum absolute atomic E-state index is 0.208. The van der Waals surface area contributed by atoms with Crippen molar-refractivity contribution in [1.82, 2.24) is 10.6 Å². The van der Waals surface area contributed by atoms with Crippen molar-refractivity contribution in [1.29, 1.82) is 0 Å². The lowest BCUT2D eigenvalue weighted by molar-refractivity contribution is -0.122. The fourth-order valence-corrected chi connectivity index (χ4v) is 1.25. The van der Waals surface area contributed by atoms with Gasteiger partial charge in [-0.2, -0.15) is 0 Å². The molecule has 1 aromatic rings. The molecule has 0 saturated carbocycles. The van der Waals surface area contributed by atoms with Gasteiger partial charge in [0.2, 0.25) is 5.91 Å². The highest BCUT2D eigenvalue weighted by Crippen LogP contribution is 2.17. The molecule has 6 heteroatoms. The molecule has 0 heterocycles. The van der Waals surface area contributed by atoms with Gasteiger partial charge in [-0.3, -0.25) is 9.59 Å².